The Labute approximate surface area is 195 Å². The average Bonchev–Trinajstić information content (AvgIpc) is 3.48. The van der Waals surface area contributed by atoms with Crippen molar-refractivity contribution in [1.29, 1.82) is 0 Å². The number of carbonyl (C=O) groups is 1. The molecule has 0 radical (unpaired) electrons. The van der Waals surface area contributed by atoms with Gasteiger partial charge in [-0.25, -0.2) is 9.78 Å². The van der Waals surface area contributed by atoms with Crippen LogP contribution < -0.4 is 4.74 Å². The summed E-state index contributed by atoms with van der Waals surface area (Å²) in [6, 6.07) is 27.0. The summed E-state index contributed by atoms with van der Waals surface area (Å²) in [6.45, 7) is -0.414. The molecule has 0 aliphatic carbocycles. The number of rotatable bonds is 7. The third-order valence-corrected chi connectivity index (χ3v) is 5.35. The monoisotopic (exact) mass is 451 g/mol. The Balaban J connectivity index is 1.62. The number of hydrogen-bond donors (Lipinski definition) is 1. The van der Waals surface area contributed by atoms with E-state index in [2.05, 4.69) is 5.10 Å². The SMILES string of the molecule is Cn1ncc(-c2nc(-c3ccccc3)c(-c3ccccc3)o2)c1-c1cccc(OCC(=O)O)c1. The van der Waals surface area contributed by atoms with Crippen molar-refractivity contribution < 1.29 is 19.1 Å². The predicted molar refractivity (Wildman–Crippen MR) is 128 cm³/mol. The van der Waals surface area contributed by atoms with Gasteiger partial charge in [-0.05, 0) is 12.1 Å². The van der Waals surface area contributed by atoms with Crippen molar-refractivity contribution in [2.45, 2.75) is 0 Å². The van der Waals surface area contributed by atoms with Crippen LogP contribution in [-0.4, -0.2) is 32.4 Å². The second-order valence-corrected chi connectivity index (χ2v) is 7.67. The normalized spacial score (nSPS) is 10.9. The summed E-state index contributed by atoms with van der Waals surface area (Å²) in [5, 5.41) is 13.4. The Kier molecular flexibility index (Phi) is 5.66. The van der Waals surface area contributed by atoms with E-state index >= 15 is 0 Å². The van der Waals surface area contributed by atoms with Gasteiger partial charge in [0.15, 0.2) is 12.4 Å². The highest BCUT2D eigenvalue weighted by molar-refractivity contribution is 5.83. The molecule has 0 fully saturated rings. The first-order valence-corrected chi connectivity index (χ1v) is 10.7. The molecule has 168 valence electrons. The van der Waals surface area contributed by atoms with E-state index in [0.717, 1.165) is 33.6 Å². The zero-order chi connectivity index (χ0) is 23.5. The average molecular weight is 451 g/mol. The second-order valence-electron chi connectivity index (χ2n) is 7.67. The fraction of sp³-hybridized carbons (Fsp3) is 0.0741. The number of aliphatic carboxylic acids is 1. The molecule has 5 rings (SSSR count). The lowest BCUT2D eigenvalue weighted by Gasteiger charge is -2.08. The molecular weight excluding hydrogens is 430 g/mol. The number of hydrogen-bond acceptors (Lipinski definition) is 5. The largest absolute Gasteiger partial charge is 0.482 e. The summed E-state index contributed by atoms with van der Waals surface area (Å²) < 4.78 is 13.5. The van der Waals surface area contributed by atoms with Crippen molar-refractivity contribution in [3.05, 3.63) is 91.1 Å². The molecule has 0 atom stereocenters. The van der Waals surface area contributed by atoms with E-state index < -0.39 is 12.6 Å². The number of benzene rings is 3. The fourth-order valence-corrected chi connectivity index (χ4v) is 3.83. The first kappa shape index (κ1) is 21.2. The number of aryl methyl sites for hydroxylation is 1. The van der Waals surface area contributed by atoms with Gasteiger partial charge in [-0.3, -0.25) is 4.68 Å². The fourth-order valence-electron chi connectivity index (χ4n) is 3.83. The number of carboxylic acid groups (broad SMARTS) is 1. The van der Waals surface area contributed by atoms with E-state index in [0.29, 0.717) is 17.4 Å². The molecule has 0 aliphatic rings. The molecule has 0 saturated carbocycles. The van der Waals surface area contributed by atoms with Crippen LogP contribution in [0.1, 0.15) is 0 Å². The Morgan fingerprint density at radius 1 is 0.941 bits per heavy atom. The Morgan fingerprint density at radius 2 is 1.62 bits per heavy atom. The van der Waals surface area contributed by atoms with Crippen molar-refractivity contribution in [2.24, 2.45) is 7.05 Å². The Morgan fingerprint density at radius 3 is 2.32 bits per heavy atom. The molecule has 0 spiro atoms. The summed E-state index contributed by atoms with van der Waals surface area (Å²) in [4.78, 5) is 15.8. The van der Waals surface area contributed by atoms with Gasteiger partial charge < -0.3 is 14.3 Å². The molecule has 0 unspecified atom stereocenters. The van der Waals surface area contributed by atoms with Gasteiger partial charge in [0.25, 0.3) is 0 Å². The molecule has 3 aromatic carbocycles. The molecule has 0 saturated heterocycles. The zero-order valence-corrected chi connectivity index (χ0v) is 18.4. The molecular formula is C27H21N3O4. The van der Waals surface area contributed by atoms with Crippen molar-refractivity contribution in [3.8, 4) is 51.0 Å². The van der Waals surface area contributed by atoms with Crippen LogP contribution in [0, 0.1) is 0 Å². The van der Waals surface area contributed by atoms with E-state index in [1.807, 2.05) is 79.8 Å². The minimum Gasteiger partial charge on any atom is -0.482 e. The summed E-state index contributed by atoms with van der Waals surface area (Å²) in [5.74, 6) is 0.538. The standard InChI is InChI=1S/C27H21N3O4/c1-30-25(20-13-8-14-21(15-20)33-17-23(31)32)22(16-28-30)27-29-24(18-9-4-2-5-10-18)26(34-27)19-11-6-3-7-12-19/h2-16H,17H2,1H3,(H,31,32). The minimum atomic E-state index is -1.03. The van der Waals surface area contributed by atoms with E-state index in [1.165, 1.54) is 0 Å². The number of oxazole rings is 1. The highest BCUT2D eigenvalue weighted by atomic mass is 16.5. The number of ether oxygens (including phenoxy) is 1. The maximum atomic E-state index is 10.9. The van der Waals surface area contributed by atoms with Crippen LogP contribution in [0.3, 0.4) is 0 Å². The first-order chi connectivity index (χ1) is 16.6. The summed E-state index contributed by atoms with van der Waals surface area (Å²) >= 11 is 0. The van der Waals surface area contributed by atoms with E-state index in [4.69, 9.17) is 19.2 Å². The van der Waals surface area contributed by atoms with Crippen molar-refractivity contribution in [3.63, 3.8) is 0 Å². The van der Waals surface area contributed by atoms with Crippen molar-refractivity contribution in [2.75, 3.05) is 6.61 Å². The maximum Gasteiger partial charge on any atom is 0.341 e. The Hall–Kier alpha value is -4.65. The summed E-state index contributed by atoms with van der Waals surface area (Å²) in [5.41, 5.74) is 4.92. The van der Waals surface area contributed by atoms with Gasteiger partial charge in [0, 0.05) is 23.7 Å². The second kappa shape index (κ2) is 9.07. The van der Waals surface area contributed by atoms with Crippen LogP contribution in [0.15, 0.2) is 95.5 Å². The molecule has 7 nitrogen and oxygen atoms in total. The lowest BCUT2D eigenvalue weighted by Crippen LogP contribution is -2.09. The molecule has 2 aromatic heterocycles. The van der Waals surface area contributed by atoms with Crippen LogP contribution in [-0.2, 0) is 11.8 Å². The zero-order valence-electron chi connectivity index (χ0n) is 18.4. The summed E-state index contributed by atoms with van der Waals surface area (Å²) in [6.07, 6.45) is 1.72. The molecule has 2 heterocycles. The molecule has 0 amide bonds. The van der Waals surface area contributed by atoms with Crippen LogP contribution >= 0.6 is 0 Å². The highest BCUT2D eigenvalue weighted by Crippen LogP contribution is 2.39. The van der Waals surface area contributed by atoms with Crippen LogP contribution in [0.25, 0.3) is 45.3 Å². The van der Waals surface area contributed by atoms with E-state index in [1.54, 1.807) is 23.0 Å². The van der Waals surface area contributed by atoms with Crippen LogP contribution in [0.5, 0.6) is 5.75 Å². The van der Waals surface area contributed by atoms with Crippen molar-refractivity contribution >= 4 is 5.97 Å². The van der Waals surface area contributed by atoms with Crippen molar-refractivity contribution in [1.82, 2.24) is 14.8 Å². The third-order valence-electron chi connectivity index (χ3n) is 5.35. The number of aromatic nitrogens is 3. The molecule has 0 aliphatic heterocycles. The van der Waals surface area contributed by atoms with Gasteiger partial charge in [-0.2, -0.15) is 5.10 Å². The molecule has 0 bridgehead atoms. The summed E-state index contributed by atoms with van der Waals surface area (Å²) in [7, 11) is 1.84. The first-order valence-electron chi connectivity index (χ1n) is 10.7. The number of nitrogens with zero attached hydrogens (tertiary/aromatic N) is 3. The van der Waals surface area contributed by atoms with Gasteiger partial charge in [0.1, 0.15) is 11.4 Å². The molecule has 5 aromatic rings. The lowest BCUT2D eigenvalue weighted by atomic mass is 10.1. The number of carboxylic acids is 1. The highest BCUT2D eigenvalue weighted by Gasteiger charge is 2.22. The predicted octanol–water partition coefficient (Wildman–Crippen LogP) is 5.54. The molecule has 34 heavy (non-hydrogen) atoms. The lowest BCUT2D eigenvalue weighted by molar-refractivity contribution is -0.139. The van der Waals surface area contributed by atoms with Gasteiger partial charge in [-0.15, -0.1) is 0 Å². The van der Waals surface area contributed by atoms with E-state index in [-0.39, 0.29) is 0 Å². The van der Waals surface area contributed by atoms with Gasteiger partial charge in [-0.1, -0.05) is 72.8 Å². The topological polar surface area (TPSA) is 90.4 Å². The van der Waals surface area contributed by atoms with E-state index in [9.17, 15) is 4.79 Å². The van der Waals surface area contributed by atoms with Gasteiger partial charge in [0.05, 0.1) is 17.5 Å². The quantitative estimate of drug-likeness (QED) is 0.349. The van der Waals surface area contributed by atoms with Gasteiger partial charge in [0.2, 0.25) is 5.89 Å². The van der Waals surface area contributed by atoms with Gasteiger partial charge >= 0.3 is 5.97 Å². The van der Waals surface area contributed by atoms with Crippen LogP contribution in [0.4, 0.5) is 0 Å². The minimum absolute atomic E-state index is 0.414. The smallest absolute Gasteiger partial charge is 0.341 e. The Bertz CT molecular complexity index is 1380. The van der Waals surface area contributed by atoms with Crippen LogP contribution in [0.2, 0.25) is 0 Å². The molecule has 7 heteroatoms. The third kappa shape index (κ3) is 4.19. The maximum absolute atomic E-state index is 10.9. The molecule has 1 N–H and O–H groups in total.